The normalized spacial score (nSPS) is 17.5. The molecule has 0 radical (unpaired) electrons. The van der Waals surface area contributed by atoms with E-state index in [2.05, 4.69) is 96.4 Å². The van der Waals surface area contributed by atoms with Crippen molar-refractivity contribution in [3.63, 3.8) is 0 Å². The SMILES string of the molecule is COC(=O)[C@@H]1C[C@H](N)CN(C(=O)OC(C)(C)C)C1.COC(=O)[C@@H]1C[C@H](Nc2ncc(C(F)(F)F)c(-c3cn(COCC[Si](C)(C)C)c4cc(Br)ccc34)n2)CN(C(=O)OC(C)(C)C)C1.C[Si](C)(C)CCOCn1cc(-c2nc(Cl)ncc2C(F)(F)F)c2ccc(Br)cc21. The molecule has 512 valence electrons. The topological polar surface area (TPSA) is 230 Å². The van der Waals surface area contributed by atoms with Crippen LogP contribution in [0.25, 0.3) is 44.3 Å². The van der Waals surface area contributed by atoms with Crippen LogP contribution in [0.2, 0.25) is 56.7 Å². The van der Waals surface area contributed by atoms with Crippen LogP contribution in [0.15, 0.2) is 70.1 Å². The molecule has 2 aliphatic rings. The van der Waals surface area contributed by atoms with Crippen LogP contribution in [0, 0.1) is 11.8 Å². The van der Waals surface area contributed by atoms with Crippen molar-refractivity contribution in [2.75, 3.05) is 58.9 Å². The van der Waals surface area contributed by atoms with Gasteiger partial charge in [0, 0.05) is 123 Å². The van der Waals surface area contributed by atoms with Crippen LogP contribution in [0.5, 0.6) is 0 Å². The number of rotatable bonds is 16. The van der Waals surface area contributed by atoms with Crippen LogP contribution >= 0.6 is 43.5 Å². The van der Waals surface area contributed by atoms with Crippen molar-refractivity contribution in [1.82, 2.24) is 38.9 Å². The molecule has 0 aliphatic carbocycles. The van der Waals surface area contributed by atoms with E-state index in [1.807, 2.05) is 12.1 Å². The van der Waals surface area contributed by atoms with Crippen LogP contribution in [-0.4, -0.2) is 156 Å². The Morgan fingerprint density at radius 3 is 1.47 bits per heavy atom. The number of piperidine rings is 2. The molecule has 8 rings (SSSR count). The van der Waals surface area contributed by atoms with Gasteiger partial charge in [0.25, 0.3) is 0 Å². The molecule has 2 amide bonds. The first-order chi connectivity index (χ1) is 43.0. The molecular weight excluding hydrogens is 1410 g/mol. The molecule has 0 unspecified atom stereocenters. The van der Waals surface area contributed by atoms with E-state index >= 15 is 0 Å². The lowest BCUT2D eigenvalue weighted by atomic mass is 9.94. The average molecular weight is 1490 g/mol. The van der Waals surface area contributed by atoms with E-state index in [0.717, 1.165) is 38.9 Å². The Labute approximate surface area is 561 Å². The highest BCUT2D eigenvalue weighted by atomic mass is 79.9. The third-order valence-corrected chi connectivity index (χ3v) is 19.0. The Kier molecular flexibility index (Phi) is 25.6. The number of carbonyl (C=O) groups is 4. The molecule has 6 aromatic rings. The van der Waals surface area contributed by atoms with Crippen molar-refractivity contribution in [3.05, 3.63) is 86.5 Å². The highest BCUT2D eigenvalue weighted by Gasteiger charge is 2.41. The molecule has 0 saturated carbocycles. The number of nitrogens with two attached hydrogens (primary N) is 1. The number of esters is 2. The summed E-state index contributed by atoms with van der Waals surface area (Å²) in [6, 6.07) is 11.8. The molecule has 93 heavy (non-hydrogen) atoms. The number of fused-ring (bicyclic) bond motifs is 2. The zero-order chi connectivity index (χ0) is 69.3. The predicted octanol–water partition coefficient (Wildman–Crippen LogP) is 15.0. The highest BCUT2D eigenvalue weighted by molar-refractivity contribution is 9.10. The van der Waals surface area contributed by atoms with Gasteiger partial charge >= 0.3 is 36.5 Å². The number of nitrogens with zero attached hydrogens (tertiary/aromatic N) is 8. The minimum atomic E-state index is -4.74. The van der Waals surface area contributed by atoms with Crippen molar-refractivity contribution in [2.24, 2.45) is 17.6 Å². The number of amides is 2. The Bertz CT molecular complexity index is 3590. The summed E-state index contributed by atoms with van der Waals surface area (Å²) in [7, 11) is 0.0153. The van der Waals surface area contributed by atoms with Crippen LogP contribution in [-0.2, 0) is 63.8 Å². The van der Waals surface area contributed by atoms with Gasteiger partial charge in [0.1, 0.15) is 35.8 Å². The Balaban J connectivity index is 0.000000247. The lowest BCUT2D eigenvalue weighted by Crippen LogP contribution is -2.52. The number of aromatic nitrogens is 6. The maximum Gasteiger partial charge on any atom is 0.419 e. The molecule has 2 aliphatic heterocycles. The molecular formula is C62H83Br2ClF6N10O10Si2. The second-order valence-corrected chi connectivity index (χ2v) is 40.6. The minimum absolute atomic E-state index is 0.0768. The number of hydrogen-bond acceptors (Lipinski definition) is 16. The van der Waals surface area contributed by atoms with Crippen LogP contribution in [0.4, 0.5) is 41.9 Å². The second kappa shape index (κ2) is 31.3. The molecule has 2 saturated heterocycles. The summed E-state index contributed by atoms with van der Waals surface area (Å²) in [4.78, 5) is 67.5. The number of halogens is 9. The van der Waals surface area contributed by atoms with E-state index < -0.39 is 80.9 Å². The molecule has 20 nitrogen and oxygen atoms in total. The van der Waals surface area contributed by atoms with Gasteiger partial charge in [-0.15, -0.1) is 0 Å². The maximum atomic E-state index is 14.4. The second-order valence-electron chi connectivity index (χ2n) is 27.2. The largest absolute Gasteiger partial charge is 0.469 e. The number of benzene rings is 2. The average Bonchev–Trinajstić information content (AvgIpc) is 1.68. The van der Waals surface area contributed by atoms with Crippen molar-refractivity contribution in [1.29, 1.82) is 0 Å². The third kappa shape index (κ3) is 22.6. The standard InChI is InChI=1S/C31H41BrF3N5O5Si.C19H20BrClF3N3OSi.C12H22N2O4/c1-30(2,3)45-29(42)39-15-19(27(41)43-4)12-21(16-39)37-28-36-14-24(31(33,34)35)26(38-28)23-17-40(18-44-10-11-46(5,6)7)25-13-20(32)8-9-22(23)25;1-29(2,3)7-6-28-11-27-10-14(13-5-4-12(20)8-16(13)27)17-15(19(22,23)24)9-25-18(21)26-17;1-12(2,3)18-11(16)14-6-8(10(15)17-4)5-9(13)7-14/h8-9,13-14,17,19,21H,10-12,15-16,18H2,1-7H3,(H,36,37,38);4-5,8-10H,6-7,11H2,1-3H3;8-9H,5-7,13H2,1-4H3/t19-,21+;;8-,9+/m1.1/s1. The van der Waals surface area contributed by atoms with Gasteiger partial charge in [-0.1, -0.05) is 83.3 Å². The predicted molar refractivity (Wildman–Crippen MR) is 356 cm³/mol. The fourth-order valence-corrected chi connectivity index (χ4v) is 12.3. The molecule has 4 aromatic heterocycles. The number of anilines is 1. The van der Waals surface area contributed by atoms with Crippen molar-refractivity contribution < 1.29 is 73.9 Å². The number of likely N-dealkylation sites (tertiary alicyclic amines) is 2. The number of ether oxygens (including phenoxy) is 6. The van der Waals surface area contributed by atoms with Gasteiger partial charge in [0.2, 0.25) is 11.2 Å². The summed E-state index contributed by atoms with van der Waals surface area (Å²) in [6.45, 7) is 26.5. The number of carbonyl (C=O) groups excluding carboxylic acids is 4. The summed E-state index contributed by atoms with van der Waals surface area (Å²) in [5.74, 6) is -1.98. The molecule has 0 bridgehead atoms. The number of nitrogens with one attached hydrogen (secondary N) is 1. The number of hydrogen-bond donors (Lipinski definition) is 2. The molecule has 2 fully saturated rings. The summed E-state index contributed by atoms with van der Waals surface area (Å²) in [6.07, 6.45) is -4.90. The molecule has 2 aromatic carbocycles. The van der Waals surface area contributed by atoms with E-state index in [9.17, 15) is 45.5 Å². The summed E-state index contributed by atoms with van der Waals surface area (Å²) in [5, 5.41) is 4.01. The third-order valence-electron chi connectivity index (χ3n) is 14.5. The van der Waals surface area contributed by atoms with Crippen molar-refractivity contribution >= 4 is 111 Å². The van der Waals surface area contributed by atoms with E-state index in [1.54, 1.807) is 87.3 Å². The Morgan fingerprint density at radius 2 is 1.05 bits per heavy atom. The first-order valence-electron chi connectivity index (χ1n) is 29.9. The van der Waals surface area contributed by atoms with Crippen molar-refractivity contribution in [2.45, 2.75) is 155 Å². The van der Waals surface area contributed by atoms with Gasteiger partial charge in [-0.2, -0.15) is 26.3 Å². The highest BCUT2D eigenvalue weighted by Crippen LogP contribution is 2.42. The van der Waals surface area contributed by atoms with Gasteiger partial charge in [0.05, 0.1) is 48.5 Å². The molecule has 31 heteroatoms. The lowest BCUT2D eigenvalue weighted by molar-refractivity contribution is -0.148. The fourth-order valence-electron chi connectivity index (χ4n) is 9.99. The summed E-state index contributed by atoms with van der Waals surface area (Å²) >= 11 is 12.7. The van der Waals surface area contributed by atoms with Crippen molar-refractivity contribution in [3.8, 4) is 22.5 Å². The molecule has 4 atom stereocenters. The molecule has 0 spiro atoms. The fraction of sp³-hybridized carbons (Fsp3) is 0.548. The number of methoxy groups -OCH3 is 2. The first kappa shape index (κ1) is 76.1. The maximum absolute atomic E-state index is 14.4. The van der Waals surface area contributed by atoms with Crippen LogP contribution in [0.1, 0.15) is 65.5 Å². The van der Waals surface area contributed by atoms with Crippen LogP contribution < -0.4 is 11.1 Å². The first-order valence-corrected chi connectivity index (χ1v) is 39.3. The van der Waals surface area contributed by atoms with E-state index in [4.69, 9.17) is 45.8 Å². The van der Waals surface area contributed by atoms with Gasteiger partial charge in [-0.25, -0.2) is 29.5 Å². The Morgan fingerprint density at radius 1 is 0.634 bits per heavy atom. The zero-order valence-corrected chi connectivity index (χ0v) is 60.6. The summed E-state index contributed by atoms with van der Waals surface area (Å²) < 4.78 is 121. The van der Waals surface area contributed by atoms with Crippen LogP contribution in [0.3, 0.4) is 0 Å². The molecule has 3 N–H and O–H groups in total. The van der Waals surface area contributed by atoms with E-state index in [-0.39, 0.29) is 79.1 Å². The zero-order valence-electron chi connectivity index (χ0n) is 54.7. The minimum Gasteiger partial charge on any atom is -0.469 e. The van der Waals surface area contributed by atoms with Gasteiger partial charge < -0.3 is 58.4 Å². The Hall–Kier alpha value is -5.90. The van der Waals surface area contributed by atoms with E-state index in [1.165, 1.54) is 24.0 Å². The van der Waals surface area contributed by atoms with Gasteiger partial charge in [0.15, 0.2) is 0 Å². The van der Waals surface area contributed by atoms with Gasteiger partial charge in [-0.3, -0.25) is 9.59 Å². The lowest BCUT2D eigenvalue weighted by Gasteiger charge is -2.37. The summed E-state index contributed by atoms with van der Waals surface area (Å²) in [5.41, 5.74) is 4.08. The van der Waals surface area contributed by atoms with Gasteiger partial charge in [-0.05, 0) is 102 Å². The quantitative estimate of drug-likeness (QED) is 0.0229. The van der Waals surface area contributed by atoms with E-state index in [0.29, 0.717) is 54.6 Å². The smallest absolute Gasteiger partial charge is 0.419 e. The molecule has 6 heterocycles. The monoisotopic (exact) mass is 1490 g/mol. The number of alkyl halides is 6.